The second-order valence-electron chi connectivity index (χ2n) is 3.13. The van der Waals surface area contributed by atoms with E-state index in [9.17, 15) is 9.59 Å². The molecule has 0 bridgehead atoms. The predicted octanol–water partition coefficient (Wildman–Crippen LogP) is 4.64. The summed E-state index contributed by atoms with van der Waals surface area (Å²) in [5.74, 6) is 0. The lowest BCUT2D eigenvalue weighted by Gasteiger charge is -1.93. The van der Waals surface area contributed by atoms with Crippen LogP contribution in [0.25, 0.3) is 0 Å². The van der Waals surface area contributed by atoms with Crippen molar-refractivity contribution in [2.24, 2.45) is 0 Å². The molecule has 0 amide bonds. The van der Waals surface area contributed by atoms with E-state index in [2.05, 4.69) is 18.9 Å². The molecule has 0 aromatic heterocycles. The van der Waals surface area contributed by atoms with Gasteiger partial charge in [0.1, 0.15) is 0 Å². The molecule has 0 unspecified atom stereocenters. The third-order valence-corrected chi connectivity index (χ3v) is 1.20. The smallest absolute Gasteiger partial charge is 0.450 e. The average Bonchev–Trinajstić information content (AvgIpc) is 2.54. The summed E-state index contributed by atoms with van der Waals surface area (Å²) in [6.07, 6.45) is 8.11. The van der Waals surface area contributed by atoms with Gasteiger partial charge < -0.3 is 29.2 Å². The van der Waals surface area contributed by atoms with Crippen LogP contribution in [-0.4, -0.2) is 28.7 Å². The topological polar surface area (TPSA) is 129 Å². The summed E-state index contributed by atoms with van der Waals surface area (Å²) in [7, 11) is 0. The second-order valence-corrected chi connectivity index (χ2v) is 3.13. The molecule has 0 aliphatic carbocycles. The minimum Gasteiger partial charge on any atom is -0.450 e. The maximum absolute atomic E-state index is 10.4. The molecule has 9 nitrogen and oxygen atoms in total. The number of carbonyl (C=O) groups excluding carboxylic acids is 2. The number of carboxylic acid groups (broad SMARTS) is 2. The van der Waals surface area contributed by atoms with E-state index in [4.69, 9.17) is 15.0 Å². The largest absolute Gasteiger partial charge is 0.518 e. The highest BCUT2D eigenvalue weighted by molar-refractivity contribution is 5.61. The Morgan fingerprint density at radius 3 is 0.875 bits per heavy atom. The normalized spacial score (nSPS) is 9.83. The standard InChI is InChI=1S/2C7H10O3.CH2O3/c2*1-3-5-9-7(8)10-6-4-2;2-1(3)4/h2*3-6H,1-2H3;(H2,2,3,4). The maximum atomic E-state index is 10.4. The number of hydrogen-bond acceptors (Lipinski definition) is 7. The Morgan fingerprint density at radius 2 is 0.750 bits per heavy atom. The van der Waals surface area contributed by atoms with E-state index in [0.29, 0.717) is 0 Å². The first-order valence-electron chi connectivity index (χ1n) is 6.46. The lowest BCUT2D eigenvalue weighted by molar-refractivity contribution is 0.118. The van der Waals surface area contributed by atoms with Crippen LogP contribution in [0.3, 0.4) is 0 Å². The molecule has 0 rings (SSSR count). The van der Waals surface area contributed by atoms with Gasteiger partial charge in [0.05, 0.1) is 25.0 Å². The summed E-state index contributed by atoms with van der Waals surface area (Å²) in [6.45, 7) is 6.96. The fourth-order valence-corrected chi connectivity index (χ4v) is 0.550. The molecule has 0 saturated heterocycles. The molecule has 136 valence electrons. The Morgan fingerprint density at radius 1 is 0.583 bits per heavy atom. The number of allylic oxidation sites excluding steroid dienone is 4. The van der Waals surface area contributed by atoms with Crippen molar-refractivity contribution in [1.29, 1.82) is 0 Å². The zero-order chi connectivity index (χ0) is 19.2. The van der Waals surface area contributed by atoms with Crippen molar-refractivity contribution < 1.29 is 43.5 Å². The fourth-order valence-electron chi connectivity index (χ4n) is 0.550. The van der Waals surface area contributed by atoms with Gasteiger partial charge in [-0.1, -0.05) is 24.3 Å². The number of carbonyl (C=O) groups is 3. The molecule has 24 heavy (non-hydrogen) atoms. The summed E-state index contributed by atoms with van der Waals surface area (Å²) in [4.78, 5) is 29.4. The predicted molar refractivity (Wildman–Crippen MR) is 85.0 cm³/mol. The Kier molecular flexibility index (Phi) is 23.6. The van der Waals surface area contributed by atoms with Crippen LogP contribution in [0, 0.1) is 0 Å². The van der Waals surface area contributed by atoms with Crippen molar-refractivity contribution in [3.8, 4) is 0 Å². The highest BCUT2D eigenvalue weighted by Crippen LogP contribution is 1.87. The lowest BCUT2D eigenvalue weighted by atomic mass is 10.7. The molecule has 0 aromatic carbocycles. The van der Waals surface area contributed by atoms with Crippen molar-refractivity contribution in [1.82, 2.24) is 0 Å². The number of hydrogen-bond donors (Lipinski definition) is 2. The van der Waals surface area contributed by atoms with Gasteiger partial charge in [0, 0.05) is 0 Å². The third-order valence-electron chi connectivity index (χ3n) is 1.20. The zero-order valence-electron chi connectivity index (χ0n) is 13.9. The minimum absolute atomic E-state index is 0.726. The van der Waals surface area contributed by atoms with Crippen LogP contribution < -0.4 is 0 Å². The van der Waals surface area contributed by atoms with Crippen LogP contribution in [0.1, 0.15) is 27.7 Å². The lowest BCUT2D eigenvalue weighted by Crippen LogP contribution is -1.97. The van der Waals surface area contributed by atoms with Crippen LogP contribution in [0.15, 0.2) is 49.4 Å². The van der Waals surface area contributed by atoms with Gasteiger partial charge >= 0.3 is 18.5 Å². The molecule has 0 atom stereocenters. The highest BCUT2D eigenvalue weighted by atomic mass is 16.7. The van der Waals surface area contributed by atoms with Gasteiger partial charge in [0.2, 0.25) is 0 Å². The van der Waals surface area contributed by atoms with Gasteiger partial charge in [0.15, 0.2) is 0 Å². The van der Waals surface area contributed by atoms with Gasteiger partial charge in [-0.25, -0.2) is 14.4 Å². The summed E-state index contributed by atoms with van der Waals surface area (Å²) >= 11 is 0. The van der Waals surface area contributed by atoms with Crippen molar-refractivity contribution in [3.63, 3.8) is 0 Å². The molecule has 0 spiro atoms. The molecule has 9 heteroatoms. The van der Waals surface area contributed by atoms with Crippen LogP contribution in [0.4, 0.5) is 14.4 Å². The first-order valence-corrected chi connectivity index (χ1v) is 6.46. The van der Waals surface area contributed by atoms with Gasteiger partial charge in [0.25, 0.3) is 0 Å². The van der Waals surface area contributed by atoms with E-state index in [1.54, 1.807) is 52.0 Å². The van der Waals surface area contributed by atoms with E-state index < -0.39 is 18.5 Å². The Bertz CT molecular complexity index is 376. The Labute approximate surface area is 140 Å². The van der Waals surface area contributed by atoms with Crippen LogP contribution >= 0.6 is 0 Å². The Balaban J connectivity index is -0.000000301. The first-order chi connectivity index (χ1) is 11.3. The van der Waals surface area contributed by atoms with E-state index in [1.165, 1.54) is 25.0 Å². The van der Waals surface area contributed by atoms with E-state index in [0.717, 1.165) is 0 Å². The Hall–Kier alpha value is -3.23. The fraction of sp³-hybridized carbons (Fsp3) is 0.267. The molecule has 0 aliphatic rings. The monoisotopic (exact) mass is 346 g/mol. The number of ether oxygens (including phenoxy) is 4. The van der Waals surface area contributed by atoms with Crippen molar-refractivity contribution in [2.45, 2.75) is 27.7 Å². The summed E-state index contributed by atoms with van der Waals surface area (Å²) in [5, 5.41) is 13.9. The molecule has 0 saturated carbocycles. The molecule has 0 fully saturated rings. The molecule has 0 aromatic rings. The maximum Gasteiger partial charge on any atom is 0.518 e. The molecule has 0 aliphatic heterocycles. The molecular formula is C15H22O9. The quantitative estimate of drug-likeness (QED) is 0.552. The van der Waals surface area contributed by atoms with Crippen molar-refractivity contribution in [2.75, 3.05) is 0 Å². The van der Waals surface area contributed by atoms with Gasteiger partial charge in [-0.05, 0) is 27.7 Å². The first kappa shape index (κ1) is 25.7. The SMILES string of the molecule is CC=COC(=O)OC=CC.CC=COC(=O)OC=CC.O=C(O)O. The summed E-state index contributed by atoms with van der Waals surface area (Å²) in [5.41, 5.74) is 0. The van der Waals surface area contributed by atoms with Gasteiger partial charge in [-0.15, -0.1) is 0 Å². The van der Waals surface area contributed by atoms with Crippen molar-refractivity contribution in [3.05, 3.63) is 49.4 Å². The molecular weight excluding hydrogens is 324 g/mol. The summed E-state index contributed by atoms with van der Waals surface area (Å²) < 4.78 is 17.6. The van der Waals surface area contributed by atoms with E-state index in [1.807, 2.05) is 0 Å². The highest BCUT2D eigenvalue weighted by Gasteiger charge is 1.95. The molecule has 0 heterocycles. The van der Waals surface area contributed by atoms with E-state index >= 15 is 0 Å². The minimum atomic E-state index is -1.83. The summed E-state index contributed by atoms with van der Waals surface area (Å²) in [6, 6.07) is 0. The van der Waals surface area contributed by atoms with Crippen LogP contribution in [0.5, 0.6) is 0 Å². The average molecular weight is 346 g/mol. The van der Waals surface area contributed by atoms with Gasteiger partial charge in [-0.3, -0.25) is 0 Å². The number of rotatable bonds is 4. The molecule has 2 N–H and O–H groups in total. The van der Waals surface area contributed by atoms with Crippen LogP contribution in [-0.2, 0) is 18.9 Å². The van der Waals surface area contributed by atoms with Gasteiger partial charge in [-0.2, -0.15) is 0 Å². The van der Waals surface area contributed by atoms with Crippen molar-refractivity contribution >= 4 is 18.5 Å². The molecule has 0 radical (unpaired) electrons. The second kappa shape index (κ2) is 22.1. The zero-order valence-corrected chi connectivity index (χ0v) is 13.9. The third kappa shape index (κ3) is 36.3. The van der Waals surface area contributed by atoms with Crippen LogP contribution in [0.2, 0.25) is 0 Å². The van der Waals surface area contributed by atoms with E-state index in [-0.39, 0.29) is 0 Å².